The molecular weight excluding hydrogens is 1720 g/mol. The van der Waals surface area contributed by atoms with E-state index in [0.29, 0.717) is 18.3 Å². The van der Waals surface area contributed by atoms with Gasteiger partial charge < -0.3 is 14.8 Å². The fraction of sp³-hybridized carbons (Fsp3) is 0.203. The van der Waals surface area contributed by atoms with Crippen molar-refractivity contribution in [1.29, 1.82) is 0 Å². The summed E-state index contributed by atoms with van der Waals surface area (Å²) in [4.78, 5) is 24.0. The van der Waals surface area contributed by atoms with Gasteiger partial charge in [0.25, 0.3) is 0 Å². The van der Waals surface area contributed by atoms with Gasteiger partial charge >= 0.3 is 5.97 Å². The summed E-state index contributed by atoms with van der Waals surface area (Å²) in [5.41, 5.74) is 7.59. The molecular formula is C138H77NO3. The average Bonchev–Trinajstić information content (AvgIpc) is 1.40. The number of para-hydroxylation sites is 1. The fourth-order valence-electron chi connectivity index (χ4n) is 21.6. The zero-order chi connectivity index (χ0) is 98.8. The number of rotatable bonds is 16. The van der Waals surface area contributed by atoms with E-state index in [1.165, 1.54) is 99.8 Å². The molecule has 652 valence electrons. The summed E-state index contributed by atoms with van der Waals surface area (Å²) in [5.74, 6) is 146. The first-order valence-electron chi connectivity index (χ1n) is 46.6. The van der Waals surface area contributed by atoms with Crippen molar-refractivity contribution >= 4 is 148 Å². The lowest BCUT2D eigenvalue weighted by Crippen LogP contribution is -2.60. The van der Waals surface area contributed by atoms with E-state index in [-0.39, 0.29) is 22.4 Å². The second-order valence-corrected chi connectivity index (χ2v) is 34.7. The number of hydrogen-bond acceptors (Lipinski definition) is 3. The summed E-state index contributed by atoms with van der Waals surface area (Å²) >= 11 is 0. The number of aliphatic carboxylic acids is 1. The lowest BCUT2D eigenvalue weighted by Gasteiger charge is -2.56. The Morgan fingerprint density at radius 3 is 0.937 bits per heavy atom. The molecule has 14 aromatic carbocycles. The number of unbranched alkanes of at least 4 members (excludes halogenated alkanes) is 2. The van der Waals surface area contributed by atoms with E-state index < -0.39 is 11.4 Å². The van der Waals surface area contributed by atoms with E-state index in [9.17, 15) is 9.59 Å². The van der Waals surface area contributed by atoms with Gasteiger partial charge in [0, 0.05) is 261 Å². The summed E-state index contributed by atoms with van der Waals surface area (Å²) < 4.78 is 0. The van der Waals surface area contributed by atoms with Crippen LogP contribution in [-0.4, -0.2) is 28.9 Å². The quantitative estimate of drug-likeness (QED) is 0.0595. The van der Waals surface area contributed by atoms with Crippen LogP contribution in [0.1, 0.15) is 150 Å². The smallest absolute Gasteiger partial charge is 0.309 e. The predicted octanol–water partition coefficient (Wildman–Crippen LogP) is 19.8. The topological polar surface area (TPSA) is 57.6 Å². The summed E-state index contributed by atoms with van der Waals surface area (Å²) in [7, 11) is 0. The third-order valence-electron chi connectivity index (χ3n) is 26.6. The normalized spacial score (nSPS) is 13.8. The van der Waals surface area contributed by atoms with Gasteiger partial charge in [0.1, 0.15) is 6.29 Å². The highest BCUT2D eigenvalue weighted by Gasteiger charge is 2.80. The Morgan fingerprint density at radius 1 is 0.345 bits per heavy atom. The predicted molar refractivity (Wildman–Crippen MR) is 584 cm³/mol. The number of anilines is 1. The Hall–Kier alpha value is -20.3. The van der Waals surface area contributed by atoms with Crippen LogP contribution >= 0.6 is 0 Å². The van der Waals surface area contributed by atoms with E-state index in [1.807, 2.05) is 30.3 Å². The van der Waals surface area contributed by atoms with Crippen LogP contribution in [0.5, 0.6) is 0 Å². The first-order valence-corrected chi connectivity index (χ1v) is 46.6. The standard InChI is InChI=1S/C60H6.C58H39N.C11H14O2.C9H18O/c1-3-5-7-9-11-13-15-17-19-21-23-25-27-29-31-33-35-37-39-41-43-45-47-49-51-53-55-57-59-60-58-56-54-52-50-48-46-44-42-40-38-36-34-32-30-28-26-24-22-20-18-16-14-12-10-8-6-4-2;1-5-7-11-25(6-2)24-37-57-35-22-23-36-34-21-19-32-30-17-15-28-27-14-16-29-31-18-20-33(35)44-42(31)47-40(29)38(27)46-39(28)41(30)48-43(32)45(34)55(53-51(48)49(46)50(47)52(53)54(44)57)58(36,57)56(3,4)59(37)26-12-9-8-10-13-26;1-11(2,10(12)13)8-9-6-4-3-5-7-9;1-3-5-6-9(4-2)7-8-10/h1-2H3;8-10,12-23,25,37H,5-7,11,24H2,1-4H3;3-7H,8H2,1-2H3,(H,12,13);8-9H,3-7H2,1-2H3. The maximum Gasteiger partial charge on any atom is 0.309 e. The maximum atomic E-state index is 10.8. The minimum absolute atomic E-state index is 0.253. The molecule has 142 heavy (non-hydrogen) atoms. The van der Waals surface area contributed by atoms with Crippen molar-refractivity contribution < 1.29 is 14.7 Å². The number of benzene rings is 10. The van der Waals surface area contributed by atoms with E-state index in [0.717, 1.165) is 24.7 Å². The van der Waals surface area contributed by atoms with Gasteiger partial charge in [-0.05, 0) is 330 Å². The Balaban J connectivity index is 0.000000167. The molecule has 0 amide bonds. The Kier molecular flexibility index (Phi) is 29.3. The number of allylic oxidation sites excluding steroid dienone is 2. The van der Waals surface area contributed by atoms with Gasteiger partial charge in [-0.1, -0.05) is 200 Å². The Bertz CT molecular complexity index is 9740. The highest BCUT2D eigenvalue weighted by atomic mass is 16.4. The van der Waals surface area contributed by atoms with E-state index in [4.69, 9.17) is 5.11 Å². The SMILES string of the molecule is CC#CC#CC#CC#CC#CC#CC#CC#CC#CC#CC#CC#CC#CC#CC#CC#CC#CC#CC#CC#CC#CC#CC#CC#CC#CC#CC#CC#CC#CC.CC(C)(Cc1ccccc1)C(=O)O.CCCCC(CC)CC1N(c2ccccc2)C(C)(C)C23C4=c5ccc6c7ccc8c9ccc%10c%11ccc%12c%13c(c%14c%15c2c5c6c2c7c8c5c9c%10c(c%13%11)c%14c5c%152)C13C=%12C=C4.CCCCC(CC)CC=O. The van der Waals surface area contributed by atoms with Crippen LogP contribution in [0.2, 0.25) is 0 Å². The molecule has 1 heterocycles. The molecule has 0 radical (unpaired) electrons. The first kappa shape index (κ1) is 94.9. The summed E-state index contributed by atoms with van der Waals surface area (Å²) in [5, 5.41) is 46.0. The minimum atomic E-state index is -0.753. The van der Waals surface area contributed by atoms with Gasteiger partial charge in [-0.2, -0.15) is 0 Å². The van der Waals surface area contributed by atoms with E-state index >= 15 is 0 Å². The van der Waals surface area contributed by atoms with Gasteiger partial charge in [-0.25, -0.2) is 0 Å². The second kappa shape index (κ2) is 43.8. The van der Waals surface area contributed by atoms with Crippen molar-refractivity contribution in [2.45, 2.75) is 162 Å². The van der Waals surface area contributed by atoms with Gasteiger partial charge in [0.2, 0.25) is 0 Å². The first-order chi connectivity index (χ1) is 69.8. The van der Waals surface area contributed by atoms with Crippen molar-refractivity contribution in [2.24, 2.45) is 17.3 Å². The molecule has 4 nitrogen and oxygen atoms in total. The summed E-state index contributed by atoms with van der Waals surface area (Å²) in [6.07, 6.45) is 18.9. The molecule has 0 aromatic heterocycles. The number of fused-ring (bicyclic) bond motifs is 3. The number of carboxylic acid groups (broad SMARTS) is 1. The van der Waals surface area contributed by atoms with Gasteiger partial charge in [0.05, 0.1) is 16.2 Å². The number of carbonyl (C=O) groups is 2. The molecule has 1 aliphatic heterocycles. The lowest BCUT2D eigenvalue weighted by atomic mass is 9.43. The number of hydrogen-bond donors (Lipinski definition) is 1. The average molecular weight is 1800 g/mol. The largest absolute Gasteiger partial charge is 0.481 e. The van der Waals surface area contributed by atoms with E-state index in [2.05, 4.69) is 481 Å². The van der Waals surface area contributed by atoms with Crippen molar-refractivity contribution in [2.75, 3.05) is 4.90 Å². The Labute approximate surface area is 832 Å². The molecule has 0 saturated carbocycles. The molecule has 5 unspecified atom stereocenters. The summed E-state index contributed by atoms with van der Waals surface area (Å²) in [6, 6.07) is 42.0. The van der Waals surface area contributed by atoms with Crippen LogP contribution in [0.15, 0.2) is 121 Å². The minimum Gasteiger partial charge on any atom is -0.481 e. The van der Waals surface area contributed by atoms with Crippen molar-refractivity contribution in [3.63, 3.8) is 0 Å². The maximum absolute atomic E-state index is 10.8. The molecule has 1 fully saturated rings. The van der Waals surface area contributed by atoms with Crippen LogP contribution < -0.4 is 15.3 Å². The molecule has 19 rings (SSSR count). The molecule has 4 aliphatic carbocycles. The fourth-order valence-corrected chi connectivity index (χ4v) is 21.6. The third-order valence-corrected chi connectivity index (χ3v) is 26.6. The zero-order valence-electron chi connectivity index (χ0n) is 79.8. The van der Waals surface area contributed by atoms with Crippen molar-refractivity contribution in [1.82, 2.24) is 0 Å². The van der Waals surface area contributed by atoms with Crippen LogP contribution in [0.4, 0.5) is 5.69 Å². The van der Waals surface area contributed by atoms with Crippen LogP contribution in [-0.2, 0) is 26.8 Å². The van der Waals surface area contributed by atoms with E-state index in [1.54, 1.807) is 136 Å². The molecule has 0 bridgehead atoms. The highest BCUT2D eigenvalue weighted by molar-refractivity contribution is 6.64. The third kappa shape index (κ3) is 17.6. The lowest BCUT2D eigenvalue weighted by molar-refractivity contribution is -0.146. The molecule has 5 atom stereocenters. The van der Waals surface area contributed by atoms with Crippen LogP contribution in [0.3, 0.4) is 0 Å². The number of carbonyl (C=O) groups excluding carboxylic acids is 1. The highest BCUT2D eigenvalue weighted by Crippen LogP contribution is 2.80. The van der Waals surface area contributed by atoms with Gasteiger partial charge in [-0.3, -0.25) is 4.79 Å². The number of aldehydes is 1. The molecule has 5 aliphatic rings. The van der Waals surface area contributed by atoms with Crippen LogP contribution in [0, 0.1) is 361 Å². The van der Waals surface area contributed by atoms with Gasteiger partial charge in [0.15, 0.2) is 0 Å². The second-order valence-electron chi connectivity index (χ2n) is 34.7. The molecule has 1 saturated heterocycles. The molecule has 1 N–H and O–H groups in total. The molecule has 14 aromatic rings. The number of nitrogens with zero attached hydrogens (tertiary/aromatic N) is 1. The monoisotopic (exact) mass is 1800 g/mol. The number of carboxylic acids is 1. The van der Waals surface area contributed by atoms with Crippen molar-refractivity contribution in [3.8, 4) is 343 Å². The zero-order valence-corrected chi connectivity index (χ0v) is 79.8. The molecule has 4 heteroatoms. The van der Waals surface area contributed by atoms with Crippen LogP contribution in [0.25, 0.3) is 130 Å². The summed E-state index contributed by atoms with van der Waals surface area (Å²) in [6.45, 7) is 21.4. The Morgan fingerprint density at radius 2 is 0.620 bits per heavy atom. The van der Waals surface area contributed by atoms with Gasteiger partial charge in [-0.15, -0.1) is 0 Å². The van der Waals surface area contributed by atoms with Crippen molar-refractivity contribution in [3.05, 3.63) is 148 Å². The molecule has 2 spiro atoms.